The molecule has 0 unspecified atom stereocenters. The molecule has 10 aromatic carbocycles. The van der Waals surface area contributed by atoms with E-state index in [4.69, 9.17) is 25.7 Å². The highest BCUT2D eigenvalue weighted by molar-refractivity contribution is 14.1. The van der Waals surface area contributed by atoms with Gasteiger partial charge in [0.2, 0.25) is 11.9 Å². The van der Waals surface area contributed by atoms with Crippen LogP contribution in [0.25, 0.3) is 133 Å². The summed E-state index contributed by atoms with van der Waals surface area (Å²) in [7, 11) is 0. The van der Waals surface area contributed by atoms with Crippen molar-refractivity contribution in [2.24, 2.45) is 10.7 Å². The van der Waals surface area contributed by atoms with Gasteiger partial charge in [-0.25, -0.2) is 9.98 Å². The van der Waals surface area contributed by atoms with E-state index in [0.717, 1.165) is 125 Å². The Morgan fingerprint density at radius 3 is 1.26 bits per heavy atom. The normalized spacial score (nSPS) is 12.5. The second-order valence-corrected chi connectivity index (χ2v) is 20.1. The van der Waals surface area contributed by atoms with Gasteiger partial charge in [0.1, 0.15) is 0 Å². The lowest BCUT2D eigenvalue weighted by Gasteiger charge is -2.15. The van der Waals surface area contributed by atoms with Gasteiger partial charge in [-0.15, -0.1) is 0 Å². The lowest BCUT2D eigenvalue weighted by molar-refractivity contribution is 0.953. The highest BCUT2D eigenvalue weighted by Crippen LogP contribution is 2.47. The second kappa shape index (κ2) is 18.0. The third-order valence-electron chi connectivity index (χ3n) is 15.0. The van der Waals surface area contributed by atoms with E-state index in [-0.39, 0.29) is 0 Å². The number of para-hydroxylation sites is 4. The Morgan fingerprint density at radius 2 is 0.766 bits per heavy atom. The van der Waals surface area contributed by atoms with Crippen molar-refractivity contribution in [3.63, 3.8) is 0 Å². The van der Waals surface area contributed by atoms with Crippen molar-refractivity contribution in [2.75, 3.05) is 4.43 Å². The molecule has 5 aromatic heterocycles. The first kappa shape index (κ1) is 44.8. The molecule has 15 rings (SSSR count). The van der Waals surface area contributed by atoms with Gasteiger partial charge in [0.25, 0.3) is 0 Å². The molecule has 2 N–H and O–H groups in total. The van der Waals surface area contributed by atoms with Gasteiger partial charge in [0, 0.05) is 70.0 Å². The van der Waals surface area contributed by atoms with Gasteiger partial charge in [0.05, 0.1) is 49.8 Å². The quantitative estimate of drug-likeness (QED) is 0.0709. The van der Waals surface area contributed by atoms with Crippen LogP contribution in [0, 0.1) is 0 Å². The van der Waals surface area contributed by atoms with Gasteiger partial charge in [0.15, 0.2) is 11.6 Å². The van der Waals surface area contributed by atoms with E-state index in [9.17, 15) is 0 Å². The Labute approximate surface area is 455 Å². The van der Waals surface area contributed by atoms with Gasteiger partial charge >= 0.3 is 0 Å². The Morgan fingerprint density at radius 1 is 0.390 bits per heavy atom. The first-order valence-electron chi connectivity index (χ1n) is 25.7. The zero-order valence-electron chi connectivity index (χ0n) is 41.3. The van der Waals surface area contributed by atoms with Crippen LogP contribution in [0.2, 0.25) is 0 Å². The van der Waals surface area contributed by atoms with E-state index in [2.05, 4.69) is 229 Å². The minimum absolute atomic E-state index is 0.386. The first-order chi connectivity index (χ1) is 38.1. The summed E-state index contributed by atoms with van der Waals surface area (Å²) >= 11 is 2.38. The molecule has 0 saturated carbocycles. The van der Waals surface area contributed by atoms with Crippen LogP contribution in [-0.4, -0.2) is 43.6 Å². The number of aliphatic imine (C=N–C) groups is 1. The van der Waals surface area contributed by atoms with Crippen LogP contribution in [0.4, 0.5) is 0 Å². The predicted octanol–water partition coefficient (Wildman–Crippen LogP) is 16.2. The van der Waals surface area contributed by atoms with Gasteiger partial charge in [-0.05, 0) is 48.0 Å². The third kappa shape index (κ3) is 6.98. The molecule has 364 valence electrons. The minimum Gasteiger partial charge on any atom is -0.369 e. The Balaban J connectivity index is 1.13. The molecule has 15 aromatic rings. The van der Waals surface area contributed by atoms with E-state index >= 15 is 0 Å². The van der Waals surface area contributed by atoms with Crippen LogP contribution in [0.15, 0.2) is 248 Å². The van der Waals surface area contributed by atoms with E-state index in [1.165, 1.54) is 0 Å². The van der Waals surface area contributed by atoms with Crippen LogP contribution >= 0.6 is 22.6 Å². The van der Waals surface area contributed by atoms with Gasteiger partial charge in [-0.3, -0.25) is 9.13 Å². The average Bonchev–Trinajstić information content (AvgIpc) is 4.44. The third-order valence-corrected chi connectivity index (χ3v) is 15.4. The Kier molecular flexibility index (Phi) is 10.5. The number of rotatable bonds is 8. The highest BCUT2D eigenvalue weighted by atomic mass is 127. The molecule has 10 heteroatoms. The van der Waals surface area contributed by atoms with Crippen LogP contribution in [-0.2, 0) is 0 Å². The van der Waals surface area contributed by atoms with Gasteiger partial charge < -0.3 is 14.9 Å². The van der Waals surface area contributed by atoms with Crippen molar-refractivity contribution in [2.45, 2.75) is 0 Å². The number of hydrogen-bond donors (Lipinski definition) is 1. The van der Waals surface area contributed by atoms with Gasteiger partial charge in [-0.2, -0.15) is 9.97 Å². The monoisotopic (exact) mass is 1100 g/mol. The zero-order chi connectivity index (χ0) is 51.1. The summed E-state index contributed by atoms with van der Waals surface area (Å²) in [4.78, 5) is 21.2. The van der Waals surface area contributed by atoms with Crippen LogP contribution < -0.4 is 5.73 Å². The summed E-state index contributed by atoms with van der Waals surface area (Å²) in [5.41, 5.74) is 21.2. The van der Waals surface area contributed by atoms with Gasteiger partial charge in [-0.1, -0.05) is 223 Å². The fourth-order valence-electron chi connectivity index (χ4n) is 11.8. The number of fused-ring (bicyclic) bond motifs is 15. The number of alkyl halides is 1. The van der Waals surface area contributed by atoms with Crippen LogP contribution in [0.1, 0.15) is 5.56 Å². The summed E-state index contributed by atoms with van der Waals surface area (Å²) in [5, 5.41) is 8.76. The van der Waals surface area contributed by atoms with E-state index in [1.54, 1.807) is 0 Å². The van der Waals surface area contributed by atoms with E-state index < -0.39 is 0 Å². The van der Waals surface area contributed by atoms with Crippen LogP contribution in [0.5, 0.6) is 0 Å². The molecule has 5 heterocycles. The molecule has 0 spiro atoms. The Hall–Kier alpha value is -9.65. The maximum absolute atomic E-state index is 7.43. The molecular formula is C67H44IN9. The Bertz CT molecular complexity index is 4820. The molecular weight excluding hydrogens is 1060 g/mol. The number of halogens is 1. The summed E-state index contributed by atoms with van der Waals surface area (Å²) in [5.74, 6) is 2.11. The number of benzene rings is 10. The lowest BCUT2D eigenvalue weighted by atomic mass is 10.1. The topological polar surface area (TPSA) is 96.8 Å². The molecule has 0 amide bonds. The van der Waals surface area contributed by atoms with Crippen molar-refractivity contribution in [1.29, 1.82) is 0 Å². The largest absolute Gasteiger partial charge is 0.369 e. The highest BCUT2D eigenvalue weighted by Gasteiger charge is 2.28. The maximum Gasteiger partial charge on any atom is 0.238 e. The lowest BCUT2D eigenvalue weighted by Crippen LogP contribution is -2.22. The molecule has 0 radical (unpaired) electrons. The zero-order valence-corrected chi connectivity index (χ0v) is 43.5. The predicted molar refractivity (Wildman–Crippen MR) is 327 cm³/mol. The van der Waals surface area contributed by atoms with E-state index in [1.807, 2.05) is 54.6 Å². The number of aromatic nitrogens is 7. The first-order valence-corrected chi connectivity index (χ1v) is 27.2. The fraction of sp³-hybridized carbons (Fsp3) is 0.0149. The molecule has 0 fully saturated rings. The van der Waals surface area contributed by atoms with Crippen LogP contribution in [0.3, 0.4) is 0 Å². The van der Waals surface area contributed by atoms with Crippen molar-refractivity contribution >= 4 is 121 Å². The molecule has 0 aliphatic carbocycles. The van der Waals surface area contributed by atoms with Crippen molar-refractivity contribution < 1.29 is 0 Å². The smallest absolute Gasteiger partial charge is 0.238 e. The molecule has 0 aliphatic rings. The average molecular weight is 1100 g/mol. The fourth-order valence-corrected chi connectivity index (χ4v) is 12.2. The summed E-state index contributed by atoms with van der Waals surface area (Å²) < 4.78 is 10.1. The number of hydrogen-bond acceptors (Lipinski definition) is 4. The number of allylic oxidation sites excluding steroid dienone is 1. The standard InChI is InChI=1S/C67H44IN9/c68-41-40-55(42-20-6-1-7-21-42)70-66(69)76-56-32-18-16-30-47(56)49-34-36-53-51-38-39-52-54-37-35-50-48-31-17-19-33-57(48)77(67-72-64(43-22-8-2-9-23-43)71-65(73-67)44-24-10-3-11-25-44)63(50)61(54)75(46-28-14-5-15-29-46)59(52)58(51)74(60(53)62(49)76)45-26-12-4-13-27-45/h1-40H,41H2,(H2,69,70)/b55-40-. The van der Waals surface area contributed by atoms with Crippen molar-refractivity contribution in [1.82, 2.24) is 33.2 Å². The summed E-state index contributed by atoms with van der Waals surface area (Å²) in [6.07, 6.45) is 2.13. The second-order valence-electron chi connectivity index (χ2n) is 19.2. The molecule has 0 aliphatic heterocycles. The molecule has 77 heavy (non-hydrogen) atoms. The molecule has 0 bridgehead atoms. The minimum atomic E-state index is 0.386. The number of nitrogens with zero attached hydrogens (tertiary/aromatic N) is 8. The molecule has 9 nitrogen and oxygen atoms in total. The maximum atomic E-state index is 7.43. The van der Waals surface area contributed by atoms with Crippen molar-refractivity contribution in [3.8, 4) is 40.1 Å². The van der Waals surface area contributed by atoms with E-state index in [0.29, 0.717) is 23.6 Å². The molecule has 0 atom stereocenters. The van der Waals surface area contributed by atoms with Crippen molar-refractivity contribution in [3.05, 3.63) is 248 Å². The molecule has 0 saturated heterocycles. The summed E-state index contributed by atoms with van der Waals surface area (Å²) in [6.45, 7) is 0. The SMILES string of the molecule is NC(=N/C(=C\CI)c1ccccc1)n1c2ccccc2c2ccc3c4ccc5c6ccc7c8ccccc8n(-c8nc(-c9ccccc9)nc(-c9ccccc9)n8)c7c6n(-c6ccccc6)c5c4n(-c4ccccc4)c3c21. The number of nitrogens with two attached hydrogens (primary N) is 1. The summed E-state index contributed by atoms with van der Waals surface area (Å²) in [6, 6.07) is 83.0.